The quantitative estimate of drug-likeness (QED) is 0.761. The maximum Gasteiger partial charge on any atom is 0.417 e. The summed E-state index contributed by atoms with van der Waals surface area (Å²) < 4.78 is 15.3. The van der Waals surface area contributed by atoms with E-state index in [0.29, 0.717) is 31.0 Å². The molecule has 0 saturated carbocycles. The molecule has 130 valence electrons. The molecule has 8 heteroatoms. The Morgan fingerprint density at radius 3 is 2.80 bits per heavy atom. The SMILES string of the molecule is O=C(C=Cc1ccc2c(c1)OCO2)N1CCC(N2C(=O)COC2=O)C1. The molecule has 1 atom stereocenters. The Morgan fingerprint density at radius 2 is 2.00 bits per heavy atom. The lowest BCUT2D eigenvalue weighted by Crippen LogP contribution is -2.41. The fourth-order valence-electron chi connectivity index (χ4n) is 3.16. The summed E-state index contributed by atoms with van der Waals surface area (Å²) in [5, 5.41) is 0. The van der Waals surface area contributed by atoms with Crippen LogP contribution in [0.15, 0.2) is 24.3 Å². The summed E-state index contributed by atoms with van der Waals surface area (Å²) in [6.45, 7) is 0.804. The Hall–Kier alpha value is -3.03. The van der Waals surface area contributed by atoms with Crippen LogP contribution in [0, 0.1) is 0 Å². The minimum Gasteiger partial charge on any atom is -0.454 e. The largest absolute Gasteiger partial charge is 0.454 e. The van der Waals surface area contributed by atoms with Crippen molar-refractivity contribution in [2.45, 2.75) is 12.5 Å². The van der Waals surface area contributed by atoms with E-state index in [1.807, 2.05) is 6.07 Å². The number of hydrogen-bond donors (Lipinski definition) is 0. The van der Waals surface area contributed by atoms with Crippen LogP contribution in [0.5, 0.6) is 11.5 Å². The number of carbonyl (C=O) groups excluding carboxylic acids is 3. The molecule has 1 aromatic carbocycles. The van der Waals surface area contributed by atoms with Crippen LogP contribution in [0.1, 0.15) is 12.0 Å². The van der Waals surface area contributed by atoms with Gasteiger partial charge in [-0.1, -0.05) is 6.07 Å². The number of cyclic esters (lactones) is 1. The lowest BCUT2D eigenvalue weighted by Gasteiger charge is -2.19. The van der Waals surface area contributed by atoms with E-state index in [2.05, 4.69) is 0 Å². The van der Waals surface area contributed by atoms with Crippen LogP contribution >= 0.6 is 0 Å². The zero-order valence-corrected chi connectivity index (χ0v) is 13.3. The molecule has 3 heterocycles. The summed E-state index contributed by atoms with van der Waals surface area (Å²) >= 11 is 0. The van der Waals surface area contributed by atoms with E-state index < -0.39 is 6.09 Å². The van der Waals surface area contributed by atoms with Crippen molar-refractivity contribution in [1.82, 2.24) is 9.80 Å². The van der Waals surface area contributed by atoms with Crippen molar-refractivity contribution in [3.8, 4) is 11.5 Å². The van der Waals surface area contributed by atoms with Crippen molar-refractivity contribution < 1.29 is 28.6 Å². The van der Waals surface area contributed by atoms with Crippen molar-refractivity contribution in [2.75, 3.05) is 26.5 Å². The molecule has 3 aliphatic rings. The van der Waals surface area contributed by atoms with E-state index in [1.54, 1.807) is 23.1 Å². The Bertz CT molecular complexity index is 758. The Kier molecular flexibility index (Phi) is 3.79. The molecule has 25 heavy (non-hydrogen) atoms. The van der Waals surface area contributed by atoms with Gasteiger partial charge in [-0.2, -0.15) is 0 Å². The first kappa shape index (κ1) is 15.5. The first-order valence-electron chi connectivity index (χ1n) is 7.97. The fourth-order valence-corrected chi connectivity index (χ4v) is 3.16. The third-order valence-electron chi connectivity index (χ3n) is 4.44. The molecular formula is C17H16N2O6. The molecule has 3 aliphatic heterocycles. The number of benzene rings is 1. The van der Waals surface area contributed by atoms with Gasteiger partial charge in [0, 0.05) is 19.2 Å². The van der Waals surface area contributed by atoms with Gasteiger partial charge in [0.2, 0.25) is 12.7 Å². The second kappa shape index (κ2) is 6.12. The highest BCUT2D eigenvalue weighted by Gasteiger charge is 2.40. The first-order valence-corrected chi connectivity index (χ1v) is 7.97. The second-order valence-electron chi connectivity index (χ2n) is 5.99. The summed E-state index contributed by atoms with van der Waals surface area (Å²) in [5.74, 6) is 0.829. The number of hydrogen-bond acceptors (Lipinski definition) is 6. The fraction of sp³-hybridized carbons (Fsp3) is 0.353. The van der Waals surface area contributed by atoms with Gasteiger partial charge in [-0.05, 0) is 30.2 Å². The number of carbonyl (C=O) groups is 3. The molecule has 0 spiro atoms. The highest BCUT2D eigenvalue weighted by Crippen LogP contribution is 2.32. The molecule has 2 saturated heterocycles. The number of likely N-dealkylation sites (tertiary alicyclic amines) is 1. The van der Waals surface area contributed by atoms with Crippen LogP contribution in [0.25, 0.3) is 6.08 Å². The molecule has 0 aromatic heterocycles. The summed E-state index contributed by atoms with van der Waals surface area (Å²) in [6.07, 6.45) is 3.11. The number of ether oxygens (including phenoxy) is 3. The van der Waals surface area contributed by atoms with E-state index in [1.165, 1.54) is 6.08 Å². The smallest absolute Gasteiger partial charge is 0.417 e. The van der Waals surface area contributed by atoms with E-state index >= 15 is 0 Å². The molecule has 3 amide bonds. The lowest BCUT2D eigenvalue weighted by atomic mass is 10.2. The van der Waals surface area contributed by atoms with Crippen molar-refractivity contribution in [3.05, 3.63) is 29.8 Å². The number of imide groups is 1. The van der Waals surface area contributed by atoms with Crippen molar-refractivity contribution >= 4 is 24.0 Å². The standard InChI is InChI=1S/C17H16N2O6/c20-15(4-2-11-1-3-13-14(7-11)25-10-24-13)18-6-5-12(8-18)19-16(21)9-23-17(19)22/h1-4,7,12H,5-6,8-10H2. The maximum atomic E-state index is 12.3. The first-order chi connectivity index (χ1) is 12.1. The Balaban J connectivity index is 1.39. The average molecular weight is 344 g/mol. The van der Waals surface area contributed by atoms with E-state index in [4.69, 9.17) is 14.2 Å². The molecule has 2 fully saturated rings. The van der Waals surface area contributed by atoms with Crippen LogP contribution in [-0.4, -0.2) is 60.2 Å². The summed E-state index contributed by atoms with van der Waals surface area (Å²) in [4.78, 5) is 38.4. The Labute approximate surface area is 143 Å². The molecule has 4 rings (SSSR count). The lowest BCUT2D eigenvalue weighted by molar-refractivity contribution is -0.128. The van der Waals surface area contributed by atoms with Crippen molar-refractivity contribution in [3.63, 3.8) is 0 Å². The van der Waals surface area contributed by atoms with Crippen LogP contribution < -0.4 is 9.47 Å². The minimum absolute atomic E-state index is 0.166. The molecular weight excluding hydrogens is 328 g/mol. The zero-order chi connectivity index (χ0) is 17.4. The average Bonchev–Trinajstić information content (AvgIpc) is 3.32. The molecule has 1 unspecified atom stereocenters. The van der Waals surface area contributed by atoms with Crippen molar-refractivity contribution in [1.29, 1.82) is 0 Å². The van der Waals surface area contributed by atoms with Gasteiger partial charge in [-0.15, -0.1) is 0 Å². The van der Waals surface area contributed by atoms with Gasteiger partial charge in [0.1, 0.15) is 0 Å². The normalized spacial score (nSPS) is 22.2. The van der Waals surface area contributed by atoms with Gasteiger partial charge < -0.3 is 19.1 Å². The van der Waals surface area contributed by atoms with Gasteiger partial charge in [0.05, 0.1) is 6.04 Å². The Morgan fingerprint density at radius 1 is 1.16 bits per heavy atom. The van der Waals surface area contributed by atoms with Gasteiger partial charge in [0.25, 0.3) is 5.91 Å². The summed E-state index contributed by atoms with van der Waals surface area (Å²) in [6, 6.07) is 5.12. The second-order valence-corrected chi connectivity index (χ2v) is 5.99. The van der Waals surface area contributed by atoms with Gasteiger partial charge in [-0.25, -0.2) is 9.69 Å². The molecule has 0 radical (unpaired) electrons. The number of amides is 3. The van der Waals surface area contributed by atoms with Gasteiger partial charge >= 0.3 is 6.09 Å². The predicted molar refractivity (Wildman–Crippen MR) is 84.8 cm³/mol. The monoisotopic (exact) mass is 344 g/mol. The highest BCUT2D eigenvalue weighted by molar-refractivity contribution is 5.98. The number of rotatable bonds is 3. The number of nitrogens with zero attached hydrogens (tertiary/aromatic N) is 2. The molecule has 0 aliphatic carbocycles. The van der Waals surface area contributed by atoms with Crippen LogP contribution in [0.3, 0.4) is 0 Å². The van der Waals surface area contributed by atoms with E-state index in [9.17, 15) is 14.4 Å². The zero-order valence-electron chi connectivity index (χ0n) is 13.3. The molecule has 0 bridgehead atoms. The molecule has 1 aromatic rings. The number of fused-ring (bicyclic) bond motifs is 1. The third kappa shape index (κ3) is 2.90. The molecule has 8 nitrogen and oxygen atoms in total. The van der Waals surface area contributed by atoms with Gasteiger partial charge in [-0.3, -0.25) is 9.59 Å². The minimum atomic E-state index is -0.625. The predicted octanol–water partition coefficient (Wildman–Crippen LogP) is 1.01. The van der Waals surface area contributed by atoms with Crippen LogP contribution in [0.4, 0.5) is 4.79 Å². The highest BCUT2D eigenvalue weighted by atomic mass is 16.7. The van der Waals surface area contributed by atoms with Gasteiger partial charge in [0.15, 0.2) is 18.1 Å². The maximum absolute atomic E-state index is 12.3. The van der Waals surface area contributed by atoms with Crippen molar-refractivity contribution in [2.24, 2.45) is 0 Å². The topological polar surface area (TPSA) is 85.4 Å². The van der Waals surface area contributed by atoms with E-state index in [0.717, 1.165) is 10.5 Å². The van der Waals surface area contributed by atoms with E-state index in [-0.39, 0.29) is 31.3 Å². The summed E-state index contributed by atoms with van der Waals surface area (Å²) in [7, 11) is 0. The summed E-state index contributed by atoms with van der Waals surface area (Å²) in [5.41, 5.74) is 0.826. The van der Waals surface area contributed by atoms with Crippen LogP contribution in [-0.2, 0) is 14.3 Å². The molecule has 0 N–H and O–H groups in total. The third-order valence-corrected chi connectivity index (χ3v) is 4.44. The van der Waals surface area contributed by atoms with Crippen LogP contribution in [0.2, 0.25) is 0 Å².